The number of hydrogen-bond donors (Lipinski definition) is 2. The summed E-state index contributed by atoms with van der Waals surface area (Å²) in [6.07, 6.45) is 6.06. The van der Waals surface area contributed by atoms with Crippen molar-refractivity contribution in [3.05, 3.63) is 72.1 Å². The van der Waals surface area contributed by atoms with Gasteiger partial charge in [0, 0.05) is 45.3 Å². The van der Waals surface area contributed by atoms with Crippen molar-refractivity contribution in [3.63, 3.8) is 0 Å². The minimum absolute atomic E-state index is 0.445. The van der Waals surface area contributed by atoms with Crippen LogP contribution in [0, 0.1) is 0 Å². The number of rotatable bonds is 4. The summed E-state index contributed by atoms with van der Waals surface area (Å²) in [6, 6.07) is 15.3. The highest BCUT2D eigenvalue weighted by Crippen LogP contribution is 2.46. The first-order valence-corrected chi connectivity index (χ1v) is 9.34. The van der Waals surface area contributed by atoms with E-state index in [1.54, 1.807) is 12.4 Å². The van der Waals surface area contributed by atoms with Crippen molar-refractivity contribution in [3.8, 4) is 0 Å². The van der Waals surface area contributed by atoms with E-state index >= 15 is 0 Å². The van der Waals surface area contributed by atoms with E-state index in [9.17, 15) is 4.79 Å². The lowest BCUT2D eigenvalue weighted by Gasteiger charge is -2.28. The lowest BCUT2D eigenvalue weighted by molar-refractivity contribution is -0.129. The number of nitrogens with one attached hydrogen (secondary N) is 2. The average molecular weight is 394 g/mol. The van der Waals surface area contributed by atoms with Gasteiger partial charge in [-0.05, 0) is 12.1 Å². The molecule has 144 valence electrons. The normalized spacial score (nSPS) is 24.5. The van der Waals surface area contributed by atoms with Gasteiger partial charge in [0.1, 0.15) is 12.7 Å². The zero-order valence-electron chi connectivity index (χ0n) is 15.5. The SMILES string of the molecule is O=C(C1(c2c[nH]c3ccccc23)N=CN=N1)C1(c2c[nH]c3ccccc23)N=CN=N1. The molecule has 0 saturated carbocycles. The van der Waals surface area contributed by atoms with Gasteiger partial charge in [-0.25, -0.2) is 9.98 Å². The molecule has 0 radical (unpaired) electrons. The summed E-state index contributed by atoms with van der Waals surface area (Å²) in [6.45, 7) is 0. The number of aromatic amines is 2. The molecule has 0 fully saturated rings. The third-order valence-corrected chi connectivity index (χ3v) is 5.56. The molecular formula is C21H14N8O. The van der Waals surface area contributed by atoms with Crippen molar-refractivity contribution in [1.82, 2.24) is 9.97 Å². The van der Waals surface area contributed by atoms with Crippen LogP contribution >= 0.6 is 0 Å². The summed E-state index contributed by atoms with van der Waals surface area (Å²) >= 11 is 0. The number of fused-ring (bicyclic) bond motifs is 2. The first-order valence-electron chi connectivity index (χ1n) is 9.34. The second kappa shape index (κ2) is 5.86. The molecule has 30 heavy (non-hydrogen) atoms. The number of aliphatic imine (C=N–C) groups is 2. The number of nitrogens with zero attached hydrogens (tertiary/aromatic N) is 6. The Balaban J connectivity index is 1.60. The molecule has 9 nitrogen and oxygen atoms in total. The Bertz CT molecular complexity index is 1310. The Kier molecular flexibility index (Phi) is 3.26. The van der Waals surface area contributed by atoms with E-state index in [0.717, 1.165) is 21.8 Å². The minimum atomic E-state index is -1.61. The Morgan fingerprint density at radius 1 is 0.700 bits per heavy atom. The molecule has 6 rings (SSSR count). The Hall–Kier alpha value is -4.27. The number of aromatic nitrogens is 2. The van der Waals surface area contributed by atoms with Crippen molar-refractivity contribution in [2.24, 2.45) is 30.4 Å². The average Bonchev–Trinajstić information content (AvgIpc) is 3.58. The van der Waals surface area contributed by atoms with Crippen LogP contribution in [0.3, 0.4) is 0 Å². The van der Waals surface area contributed by atoms with Gasteiger partial charge in [0.05, 0.1) is 0 Å². The summed E-state index contributed by atoms with van der Waals surface area (Å²) in [4.78, 5) is 29.4. The first-order chi connectivity index (χ1) is 14.7. The van der Waals surface area contributed by atoms with Crippen LogP contribution < -0.4 is 0 Å². The largest absolute Gasteiger partial charge is 0.361 e. The van der Waals surface area contributed by atoms with Crippen LogP contribution in [-0.2, 0) is 16.1 Å². The minimum Gasteiger partial charge on any atom is -0.361 e. The fourth-order valence-electron chi connectivity index (χ4n) is 4.15. The molecule has 2 unspecified atom stereocenters. The lowest BCUT2D eigenvalue weighted by Crippen LogP contribution is -2.44. The number of para-hydroxylation sites is 2. The zero-order chi connectivity index (χ0) is 20.2. The fraction of sp³-hybridized carbons (Fsp3) is 0.0952. The van der Waals surface area contributed by atoms with E-state index in [1.165, 1.54) is 12.7 Å². The summed E-state index contributed by atoms with van der Waals surface area (Å²) in [5.74, 6) is -0.445. The molecule has 0 aliphatic carbocycles. The van der Waals surface area contributed by atoms with Gasteiger partial charge < -0.3 is 9.97 Å². The van der Waals surface area contributed by atoms with Crippen molar-refractivity contribution in [1.29, 1.82) is 0 Å². The van der Waals surface area contributed by atoms with Crippen molar-refractivity contribution < 1.29 is 4.79 Å². The summed E-state index contributed by atoms with van der Waals surface area (Å²) in [5.41, 5.74) is -0.296. The lowest BCUT2D eigenvalue weighted by atomic mass is 9.84. The molecule has 0 amide bonds. The van der Waals surface area contributed by atoms with E-state index in [1.807, 2.05) is 48.5 Å². The third kappa shape index (κ3) is 2.03. The highest BCUT2D eigenvalue weighted by Gasteiger charge is 2.57. The van der Waals surface area contributed by atoms with Crippen molar-refractivity contribution >= 4 is 40.3 Å². The second-order valence-electron chi connectivity index (χ2n) is 7.09. The Morgan fingerprint density at radius 3 is 1.60 bits per heavy atom. The van der Waals surface area contributed by atoms with Crippen LogP contribution in [0.4, 0.5) is 0 Å². The van der Waals surface area contributed by atoms with E-state index < -0.39 is 17.1 Å². The predicted octanol–water partition coefficient (Wildman–Crippen LogP) is 4.21. The van der Waals surface area contributed by atoms with Gasteiger partial charge in [0.2, 0.25) is 5.78 Å². The molecule has 2 N–H and O–H groups in total. The van der Waals surface area contributed by atoms with Gasteiger partial charge in [-0.15, -0.1) is 20.5 Å². The highest BCUT2D eigenvalue weighted by molar-refractivity contribution is 6.06. The standard InChI is InChI=1S/C21H14N8O/c30-19(20(24-11-26-28-20)15-9-22-17-7-3-1-5-13(15)17)21(25-12-27-29-21)16-10-23-18-8-4-2-6-14(16)18/h1-12,22-23H. The molecule has 4 heterocycles. The molecule has 2 aromatic heterocycles. The monoisotopic (exact) mass is 394 g/mol. The Labute approximate surface area is 169 Å². The van der Waals surface area contributed by atoms with E-state index in [4.69, 9.17) is 0 Å². The maximum Gasteiger partial charge on any atom is 0.263 e. The summed E-state index contributed by atoms with van der Waals surface area (Å²) in [5, 5.41) is 18.1. The smallest absolute Gasteiger partial charge is 0.263 e. The number of H-pyrrole nitrogens is 2. The maximum absolute atomic E-state index is 14.2. The van der Waals surface area contributed by atoms with Crippen LogP contribution in [0.25, 0.3) is 21.8 Å². The number of carbonyl (C=O) groups is 1. The number of hydrogen-bond acceptors (Lipinski definition) is 7. The molecule has 2 aliphatic heterocycles. The van der Waals surface area contributed by atoms with Crippen LogP contribution in [0.15, 0.2) is 91.4 Å². The van der Waals surface area contributed by atoms with Crippen molar-refractivity contribution in [2.75, 3.05) is 0 Å². The number of azo groups is 2. The van der Waals surface area contributed by atoms with Crippen LogP contribution in [0.5, 0.6) is 0 Å². The summed E-state index contributed by atoms with van der Waals surface area (Å²) < 4.78 is 0. The van der Waals surface area contributed by atoms with Crippen molar-refractivity contribution in [2.45, 2.75) is 11.3 Å². The molecule has 2 aliphatic rings. The Morgan fingerprint density at radius 2 is 1.17 bits per heavy atom. The van der Waals surface area contributed by atoms with E-state index in [2.05, 4.69) is 40.4 Å². The topological polar surface area (TPSA) is 123 Å². The van der Waals surface area contributed by atoms with Gasteiger partial charge in [-0.3, -0.25) is 4.79 Å². The molecule has 0 saturated heterocycles. The van der Waals surface area contributed by atoms with Gasteiger partial charge in [-0.1, -0.05) is 36.4 Å². The fourth-order valence-corrected chi connectivity index (χ4v) is 4.15. The van der Waals surface area contributed by atoms with Gasteiger partial charge in [-0.2, -0.15) is 0 Å². The molecule has 0 spiro atoms. The number of carbonyl (C=O) groups excluding carboxylic acids is 1. The zero-order valence-corrected chi connectivity index (χ0v) is 15.5. The molecule has 2 aromatic carbocycles. The van der Waals surface area contributed by atoms with Gasteiger partial charge >= 0.3 is 0 Å². The molecule has 4 aromatic rings. The van der Waals surface area contributed by atoms with Gasteiger partial charge in [0.15, 0.2) is 0 Å². The van der Waals surface area contributed by atoms with Crippen LogP contribution in [-0.4, -0.2) is 28.4 Å². The predicted molar refractivity (Wildman–Crippen MR) is 112 cm³/mol. The molecular weight excluding hydrogens is 380 g/mol. The first kappa shape index (κ1) is 16.7. The molecule has 2 atom stereocenters. The molecule has 9 heteroatoms. The highest BCUT2D eigenvalue weighted by atomic mass is 16.1. The summed E-state index contributed by atoms with van der Waals surface area (Å²) in [7, 11) is 0. The molecule has 0 bridgehead atoms. The third-order valence-electron chi connectivity index (χ3n) is 5.56. The maximum atomic E-state index is 14.2. The second-order valence-corrected chi connectivity index (χ2v) is 7.09. The van der Waals surface area contributed by atoms with Gasteiger partial charge in [0.25, 0.3) is 11.3 Å². The van der Waals surface area contributed by atoms with Crippen LogP contribution in [0.1, 0.15) is 11.1 Å². The number of benzene rings is 2. The van der Waals surface area contributed by atoms with Crippen LogP contribution in [0.2, 0.25) is 0 Å². The number of ketones is 1. The number of Topliss-reactive ketones (excluding diaryl/α,β-unsaturated/α-hetero) is 1. The van der Waals surface area contributed by atoms with E-state index in [-0.39, 0.29) is 0 Å². The quantitative estimate of drug-likeness (QED) is 0.529. The van der Waals surface area contributed by atoms with E-state index in [0.29, 0.717) is 11.1 Å².